The van der Waals surface area contributed by atoms with Gasteiger partial charge in [0.15, 0.2) is 5.82 Å². The number of amides is 1. The standard InChI is InChI=1S/C16H19N5O3/c1-9-4-18-13(5-17-9)16(22)21-6-12-11(8-23-14(12)7-21)3-15-19-10(2)20-24-15/h4-5,11-12,14H,3,6-8H2,1-2H3/t11-,12+,14+/m1/s1. The SMILES string of the molecule is Cc1cnc(C(=O)N2C[C@H]3[C@H](Cc4nc(C)no4)CO[C@H]3C2)cn1. The van der Waals surface area contributed by atoms with E-state index in [1.807, 2.05) is 6.92 Å². The number of aromatic nitrogens is 4. The molecule has 0 saturated carbocycles. The lowest BCUT2D eigenvalue weighted by molar-refractivity contribution is 0.0671. The minimum absolute atomic E-state index is 0.0707. The van der Waals surface area contributed by atoms with Crippen LogP contribution in [0.2, 0.25) is 0 Å². The number of aryl methyl sites for hydroxylation is 2. The van der Waals surface area contributed by atoms with Crippen molar-refractivity contribution in [3.05, 3.63) is 35.5 Å². The van der Waals surface area contributed by atoms with Crippen LogP contribution in [0.15, 0.2) is 16.9 Å². The summed E-state index contributed by atoms with van der Waals surface area (Å²) in [5, 5.41) is 3.83. The number of likely N-dealkylation sites (tertiary alicyclic amines) is 1. The Kier molecular flexibility index (Phi) is 3.76. The Balaban J connectivity index is 1.43. The van der Waals surface area contributed by atoms with Crippen LogP contribution in [0.4, 0.5) is 0 Å². The van der Waals surface area contributed by atoms with E-state index in [0.29, 0.717) is 49.4 Å². The van der Waals surface area contributed by atoms with E-state index in [2.05, 4.69) is 20.1 Å². The predicted molar refractivity (Wildman–Crippen MR) is 82.1 cm³/mol. The number of carbonyl (C=O) groups excluding carboxylic acids is 1. The van der Waals surface area contributed by atoms with Crippen molar-refractivity contribution < 1.29 is 14.1 Å². The summed E-state index contributed by atoms with van der Waals surface area (Å²) in [7, 11) is 0. The van der Waals surface area contributed by atoms with Gasteiger partial charge in [0, 0.05) is 31.6 Å². The highest BCUT2D eigenvalue weighted by Gasteiger charge is 2.45. The summed E-state index contributed by atoms with van der Waals surface area (Å²) in [5.41, 5.74) is 1.17. The molecule has 2 aliphatic rings. The topological polar surface area (TPSA) is 94.2 Å². The smallest absolute Gasteiger partial charge is 0.274 e. The summed E-state index contributed by atoms with van der Waals surface area (Å²) in [6, 6.07) is 0. The molecule has 8 nitrogen and oxygen atoms in total. The molecule has 8 heteroatoms. The van der Waals surface area contributed by atoms with Crippen molar-refractivity contribution in [3.63, 3.8) is 0 Å². The molecule has 0 N–H and O–H groups in total. The lowest BCUT2D eigenvalue weighted by Gasteiger charge is -2.18. The second kappa shape index (κ2) is 5.94. The molecule has 2 aromatic rings. The number of nitrogens with zero attached hydrogens (tertiary/aromatic N) is 5. The fraction of sp³-hybridized carbons (Fsp3) is 0.562. The molecule has 24 heavy (non-hydrogen) atoms. The molecule has 1 amide bonds. The predicted octanol–water partition coefficient (Wildman–Crippen LogP) is 0.806. The molecule has 4 rings (SSSR count). The number of carbonyl (C=O) groups is 1. The molecule has 2 aromatic heterocycles. The summed E-state index contributed by atoms with van der Waals surface area (Å²) < 4.78 is 11.1. The van der Waals surface area contributed by atoms with Crippen LogP contribution in [0.5, 0.6) is 0 Å². The highest BCUT2D eigenvalue weighted by Crippen LogP contribution is 2.35. The molecule has 2 fully saturated rings. The zero-order valence-corrected chi connectivity index (χ0v) is 13.7. The quantitative estimate of drug-likeness (QED) is 0.822. The average molecular weight is 329 g/mol. The van der Waals surface area contributed by atoms with Crippen LogP contribution < -0.4 is 0 Å². The van der Waals surface area contributed by atoms with Gasteiger partial charge in [0.25, 0.3) is 5.91 Å². The van der Waals surface area contributed by atoms with E-state index in [1.54, 1.807) is 18.0 Å². The number of hydrogen-bond donors (Lipinski definition) is 0. The summed E-state index contributed by atoms with van der Waals surface area (Å²) in [6.45, 7) is 5.58. The second-order valence-corrected chi connectivity index (χ2v) is 6.49. The Morgan fingerprint density at radius 3 is 2.88 bits per heavy atom. The minimum atomic E-state index is -0.0899. The van der Waals surface area contributed by atoms with Gasteiger partial charge in [0.1, 0.15) is 5.69 Å². The van der Waals surface area contributed by atoms with Crippen molar-refractivity contribution in [3.8, 4) is 0 Å². The molecular weight excluding hydrogens is 310 g/mol. The van der Waals surface area contributed by atoms with E-state index in [9.17, 15) is 4.79 Å². The van der Waals surface area contributed by atoms with Gasteiger partial charge in [-0.15, -0.1) is 0 Å². The minimum Gasteiger partial charge on any atom is -0.376 e. The second-order valence-electron chi connectivity index (χ2n) is 6.49. The first-order chi connectivity index (χ1) is 11.6. The molecule has 0 spiro atoms. The number of hydrogen-bond acceptors (Lipinski definition) is 7. The summed E-state index contributed by atoms with van der Waals surface area (Å²) in [5.74, 6) is 1.77. The van der Waals surface area contributed by atoms with E-state index in [0.717, 1.165) is 5.69 Å². The Bertz CT molecular complexity index is 744. The molecule has 2 aliphatic heterocycles. The first-order valence-corrected chi connectivity index (χ1v) is 8.09. The molecule has 2 saturated heterocycles. The van der Waals surface area contributed by atoms with Crippen molar-refractivity contribution in [2.75, 3.05) is 19.7 Å². The monoisotopic (exact) mass is 329 g/mol. The maximum Gasteiger partial charge on any atom is 0.274 e. The Hall–Kier alpha value is -2.35. The number of fused-ring (bicyclic) bond motifs is 1. The van der Waals surface area contributed by atoms with E-state index in [-0.39, 0.29) is 17.9 Å². The van der Waals surface area contributed by atoms with Crippen LogP contribution in [-0.4, -0.2) is 56.7 Å². The highest BCUT2D eigenvalue weighted by molar-refractivity contribution is 5.92. The van der Waals surface area contributed by atoms with Gasteiger partial charge >= 0.3 is 0 Å². The van der Waals surface area contributed by atoms with E-state index in [1.165, 1.54) is 6.20 Å². The van der Waals surface area contributed by atoms with Gasteiger partial charge in [-0.2, -0.15) is 4.98 Å². The molecule has 4 heterocycles. The number of ether oxygens (including phenoxy) is 1. The van der Waals surface area contributed by atoms with Crippen LogP contribution in [0.1, 0.15) is 27.9 Å². The van der Waals surface area contributed by atoms with Gasteiger partial charge in [-0.05, 0) is 19.8 Å². The van der Waals surface area contributed by atoms with Gasteiger partial charge in [0.2, 0.25) is 5.89 Å². The molecule has 126 valence electrons. The van der Waals surface area contributed by atoms with E-state index < -0.39 is 0 Å². The molecule has 0 unspecified atom stereocenters. The zero-order valence-electron chi connectivity index (χ0n) is 13.7. The summed E-state index contributed by atoms with van der Waals surface area (Å²) in [6.07, 6.45) is 3.91. The van der Waals surface area contributed by atoms with E-state index in [4.69, 9.17) is 9.26 Å². The molecule has 0 bridgehead atoms. The normalized spacial score (nSPS) is 25.9. The Labute approximate surface area is 139 Å². The van der Waals surface area contributed by atoms with Crippen LogP contribution in [-0.2, 0) is 11.2 Å². The third kappa shape index (κ3) is 2.77. The first kappa shape index (κ1) is 15.2. The fourth-order valence-corrected chi connectivity index (χ4v) is 3.49. The van der Waals surface area contributed by atoms with Crippen molar-refractivity contribution in [1.82, 2.24) is 25.0 Å². The van der Waals surface area contributed by atoms with Crippen LogP contribution in [0.3, 0.4) is 0 Å². The number of rotatable bonds is 3. The highest BCUT2D eigenvalue weighted by atomic mass is 16.5. The van der Waals surface area contributed by atoms with Crippen molar-refractivity contribution in [2.24, 2.45) is 11.8 Å². The van der Waals surface area contributed by atoms with Gasteiger partial charge in [0.05, 0.1) is 24.6 Å². The van der Waals surface area contributed by atoms with Crippen LogP contribution in [0, 0.1) is 25.7 Å². The maximum absolute atomic E-state index is 12.6. The fourth-order valence-electron chi connectivity index (χ4n) is 3.49. The first-order valence-electron chi connectivity index (χ1n) is 8.09. The maximum atomic E-state index is 12.6. The van der Waals surface area contributed by atoms with Crippen molar-refractivity contribution in [1.29, 1.82) is 0 Å². The third-order valence-corrected chi connectivity index (χ3v) is 4.73. The largest absolute Gasteiger partial charge is 0.376 e. The molecule has 3 atom stereocenters. The van der Waals surface area contributed by atoms with Gasteiger partial charge < -0.3 is 14.2 Å². The van der Waals surface area contributed by atoms with Crippen LogP contribution >= 0.6 is 0 Å². The molecule has 0 aromatic carbocycles. The Morgan fingerprint density at radius 1 is 1.29 bits per heavy atom. The zero-order chi connectivity index (χ0) is 16.7. The lowest BCUT2D eigenvalue weighted by Crippen LogP contribution is -2.32. The summed E-state index contributed by atoms with van der Waals surface area (Å²) in [4.78, 5) is 27.0. The van der Waals surface area contributed by atoms with Crippen molar-refractivity contribution in [2.45, 2.75) is 26.4 Å². The Morgan fingerprint density at radius 2 is 2.17 bits per heavy atom. The molecular formula is C16H19N5O3. The third-order valence-electron chi connectivity index (χ3n) is 4.73. The van der Waals surface area contributed by atoms with E-state index >= 15 is 0 Å². The molecule has 0 aliphatic carbocycles. The van der Waals surface area contributed by atoms with Crippen LogP contribution in [0.25, 0.3) is 0 Å². The van der Waals surface area contributed by atoms with Crippen molar-refractivity contribution >= 4 is 5.91 Å². The summed E-state index contributed by atoms with van der Waals surface area (Å²) >= 11 is 0. The van der Waals surface area contributed by atoms with Gasteiger partial charge in [-0.25, -0.2) is 4.98 Å². The lowest BCUT2D eigenvalue weighted by atomic mass is 9.90. The van der Waals surface area contributed by atoms with Gasteiger partial charge in [-0.1, -0.05) is 5.16 Å². The van der Waals surface area contributed by atoms with Gasteiger partial charge in [-0.3, -0.25) is 9.78 Å². The average Bonchev–Trinajstić information content (AvgIpc) is 3.25. The molecule has 0 radical (unpaired) electrons.